The SMILES string of the molecule is CCCc1nn(C)c2c1nc(N)n2C(C)c1cccs1. The van der Waals surface area contributed by atoms with Crippen LogP contribution in [0.25, 0.3) is 11.2 Å². The average Bonchev–Trinajstić information content (AvgIpc) is 3.09. The molecule has 3 aromatic heterocycles. The molecule has 0 aliphatic heterocycles. The Labute approximate surface area is 122 Å². The molecular weight excluding hydrogens is 270 g/mol. The highest BCUT2D eigenvalue weighted by Crippen LogP contribution is 2.30. The number of nitrogen functional groups attached to an aromatic ring is 1. The fraction of sp³-hybridized carbons (Fsp3) is 0.429. The summed E-state index contributed by atoms with van der Waals surface area (Å²) in [7, 11) is 1.96. The van der Waals surface area contributed by atoms with E-state index in [1.54, 1.807) is 11.3 Å². The van der Waals surface area contributed by atoms with Crippen molar-refractivity contribution in [3.05, 3.63) is 28.1 Å². The fourth-order valence-corrected chi connectivity index (χ4v) is 3.44. The zero-order valence-electron chi connectivity index (χ0n) is 12.0. The highest BCUT2D eigenvalue weighted by atomic mass is 32.1. The maximum absolute atomic E-state index is 6.15. The number of aryl methyl sites for hydroxylation is 2. The van der Waals surface area contributed by atoms with Crippen LogP contribution < -0.4 is 5.73 Å². The summed E-state index contributed by atoms with van der Waals surface area (Å²) in [6.45, 7) is 4.30. The standard InChI is InChI=1S/C14H19N5S/c1-4-6-10-12-13(18(3)17-10)19(14(15)16-12)9(2)11-7-5-8-20-11/h5,7-9H,4,6H2,1-3H3,(H2,15,16). The summed E-state index contributed by atoms with van der Waals surface area (Å²) in [5.74, 6) is 0.561. The smallest absolute Gasteiger partial charge is 0.203 e. The van der Waals surface area contributed by atoms with Crippen LogP contribution in [0.1, 0.15) is 36.9 Å². The summed E-state index contributed by atoms with van der Waals surface area (Å²) in [6.07, 6.45) is 1.99. The summed E-state index contributed by atoms with van der Waals surface area (Å²) >= 11 is 1.74. The Morgan fingerprint density at radius 3 is 2.90 bits per heavy atom. The number of thiophene rings is 1. The Hall–Kier alpha value is -1.82. The Morgan fingerprint density at radius 2 is 2.25 bits per heavy atom. The van der Waals surface area contributed by atoms with Crippen molar-refractivity contribution in [3.8, 4) is 0 Å². The van der Waals surface area contributed by atoms with E-state index in [0.29, 0.717) is 5.95 Å². The Balaban J connectivity index is 2.18. The second kappa shape index (κ2) is 4.94. The van der Waals surface area contributed by atoms with Gasteiger partial charge < -0.3 is 5.73 Å². The maximum atomic E-state index is 6.15. The zero-order chi connectivity index (χ0) is 14.3. The second-order valence-corrected chi connectivity index (χ2v) is 6.00. The molecule has 106 valence electrons. The summed E-state index contributed by atoms with van der Waals surface area (Å²) in [6, 6.07) is 4.36. The number of rotatable bonds is 4. The quantitative estimate of drug-likeness (QED) is 0.803. The third-order valence-electron chi connectivity index (χ3n) is 3.59. The molecular formula is C14H19N5S. The molecule has 0 saturated carbocycles. The van der Waals surface area contributed by atoms with E-state index in [0.717, 1.165) is 29.7 Å². The minimum absolute atomic E-state index is 0.171. The highest BCUT2D eigenvalue weighted by molar-refractivity contribution is 7.10. The molecule has 1 atom stereocenters. The summed E-state index contributed by atoms with van der Waals surface area (Å²) in [4.78, 5) is 5.82. The van der Waals surface area contributed by atoms with E-state index < -0.39 is 0 Å². The van der Waals surface area contributed by atoms with Crippen molar-refractivity contribution in [2.24, 2.45) is 7.05 Å². The first kappa shape index (κ1) is 13.2. The summed E-state index contributed by atoms with van der Waals surface area (Å²) < 4.78 is 3.97. The monoisotopic (exact) mass is 289 g/mol. The lowest BCUT2D eigenvalue weighted by molar-refractivity contribution is 0.642. The van der Waals surface area contributed by atoms with Crippen molar-refractivity contribution in [1.29, 1.82) is 0 Å². The first-order valence-corrected chi connectivity index (χ1v) is 7.74. The second-order valence-electron chi connectivity index (χ2n) is 5.02. The molecule has 0 fully saturated rings. The van der Waals surface area contributed by atoms with Crippen LogP contribution in [0.3, 0.4) is 0 Å². The number of imidazole rings is 1. The van der Waals surface area contributed by atoms with Crippen molar-refractivity contribution in [2.45, 2.75) is 32.7 Å². The molecule has 1 unspecified atom stereocenters. The molecule has 0 saturated heterocycles. The van der Waals surface area contributed by atoms with Crippen LogP contribution >= 0.6 is 11.3 Å². The Morgan fingerprint density at radius 1 is 1.45 bits per heavy atom. The molecule has 0 amide bonds. The van der Waals surface area contributed by atoms with Crippen LogP contribution in [-0.4, -0.2) is 19.3 Å². The van der Waals surface area contributed by atoms with E-state index >= 15 is 0 Å². The van der Waals surface area contributed by atoms with Gasteiger partial charge >= 0.3 is 0 Å². The van der Waals surface area contributed by atoms with Crippen molar-refractivity contribution >= 4 is 28.4 Å². The van der Waals surface area contributed by atoms with Gasteiger partial charge in [0, 0.05) is 11.9 Å². The normalized spacial score (nSPS) is 13.2. The van der Waals surface area contributed by atoms with Crippen LogP contribution in [0.15, 0.2) is 17.5 Å². The molecule has 20 heavy (non-hydrogen) atoms. The summed E-state index contributed by atoms with van der Waals surface area (Å²) in [5, 5.41) is 6.67. The van der Waals surface area contributed by atoms with Gasteiger partial charge in [0.1, 0.15) is 5.52 Å². The van der Waals surface area contributed by atoms with E-state index in [9.17, 15) is 0 Å². The predicted molar refractivity (Wildman–Crippen MR) is 83.0 cm³/mol. The van der Waals surface area contributed by atoms with Gasteiger partial charge in [-0.05, 0) is 24.8 Å². The number of anilines is 1. The molecule has 5 nitrogen and oxygen atoms in total. The van der Waals surface area contributed by atoms with Gasteiger partial charge in [-0.15, -0.1) is 11.3 Å². The molecule has 3 aromatic rings. The van der Waals surface area contributed by atoms with Crippen molar-refractivity contribution in [1.82, 2.24) is 19.3 Å². The predicted octanol–water partition coefficient (Wildman–Crippen LogP) is 2.98. The van der Waals surface area contributed by atoms with Crippen LogP contribution in [0.5, 0.6) is 0 Å². The lowest BCUT2D eigenvalue weighted by Crippen LogP contribution is -2.11. The Kier molecular flexibility index (Phi) is 3.25. The minimum atomic E-state index is 0.171. The fourth-order valence-electron chi connectivity index (χ4n) is 2.66. The van der Waals surface area contributed by atoms with Gasteiger partial charge in [-0.3, -0.25) is 9.25 Å². The summed E-state index contributed by atoms with van der Waals surface area (Å²) in [5.41, 5.74) is 9.14. The number of fused-ring (bicyclic) bond motifs is 1. The average molecular weight is 289 g/mol. The van der Waals surface area contributed by atoms with E-state index in [2.05, 4.69) is 46.0 Å². The van der Waals surface area contributed by atoms with Crippen LogP contribution in [0, 0.1) is 0 Å². The van der Waals surface area contributed by atoms with Crippen LogP contribution in [0.4, 0.5) is 5.95 Å². The third-order valence-corrected chi connectivity index (χ3v) is 4.64. The maximum Gasteiger partial charge on any atom is 0.203 e. The number of hydrogen-bond donors (Lipinski definition) is 1. The first-order chi connectivity index (χ1) is 9.63. The molecule has 0 bridgehead atoms. The van der Waals surface area contributed by atoms with Gasteiger partial charge in [-0.25, -0.2) is 4.98 Å². The van der Waals surface area contributed by atoms with Crippen molar-refractivity contribution in [3.63, 3.8) is 0 Å². The molecule has 0 aliphatic rings. The van der Waals surface area contributed by atoms with Gasteiger partial charge in [0.25, 0.3) is 0 Å². The molecule has 0 aliphatic carbocycles. The first-order valence-electron chi connectivity index (χ1n) is 6.86. The van der Waals surface area contributed by atoms with E-state index in [1.807, 2.05) is 11.7 Å². The molecule has 0 aromatic carbocycles. The molecule has 6 heteroatoms. The lowest BCUT2D eigenvalue weighted by atomic mass is 10.2. The zero-order valence-corrected chi connectivity index (χ0v) is 12.8. The highest BCUT2D eigenvalue weighted by Gasteiger charge is 2.21. The lowest BCUT2D eigenvalue weighted by Gasteiger charge is -2.14. The molecule has 0 spiro atoms. The van der Waals surface area contributed by atoms with Crippen LogP contribution in [-0.2, 0) is 13.5 Å². The molecule has 3 heterocycles. The number of nitrogens with zero attached hydrogens (tertiary/aromatic N) is 4. The van der Waals surface area contributed by atoms with E-state index in [1.165, 1.54) is 4.88 Å². The minimum Gasteiger partial charge on any atom is -0.369 e. The number of hydrogen-bond acceptors (Lipinski definition) is 4. The third kappa shape index (κ3) is 1.91. The Bertz CT molecular complexity index is 722. The number of nitrogens with two attached hydrogens (primary N) is 1. The molecule has 2 N–H and O–H groups in total. The van der Waals surface area contributed by atoms with Gasteiger partial charge in [0.05, 0.1) is 11.7 Å². The largest absolute Gasteiger partial charge is 0.369 e. The van der Waals surface area contributed by atoms with Gasteiger partial charge in [-0.1, -0.05) is 19.4 Å². The molecule has 0 radical (unpaired) electrons. The van der Waals surface area contributed by atoms with Crippen LogP contribution in [0.2, 0.25) is 0 Å². The van der Waals surface area contributed by atoms with Gasteiger partial charge in [0.15, 0.2) is 5.65 Å². The number of aromatic nitrogens is 4. The van der Waals surface area contributed by atoms with Gasteiger partial charge in [-0.2, -0.15) is 5.10 Å². The van der Waals surface area contributed by atoms with Crippen molar-refractivity contribution in [2.75, 3.05) is 5.73 Å². The van der Waals surface area contributed by atoms with E-state index in [-0.39, 0.29) is 6.04 Å². The topological polar surface area (TPSA) is 61.7 Å². The van der Waals surface area contributed by atoms with Crippen molar-refractivity contribution < 1.29 is 0 Å². The molecule has 3 rings (SSSR count). The van der Waals surface area contributed by atoms with E-state index in [4.69, 9.17) is 5.73 Å². The van der Waals surface area contributed by atoms with Gasteiger partial charge in [0.2, 0.25) is 5.95 Å².